The van der Waals surface area contributed by atoms with E-state index < -0.39 is 5.82 Å². The van der Waals surface area contributed by atoms with Crippen LogP contribution in [0, 0.1) is 17.1 Å². The predicted molar refractivity (Wildman–Crippen MR) is 171 cm³/mol. The summed E-state index contributed by atoms with van der Waals surface area (Å²) in [7, 11) is 3.41. The number of benzene rings is 4. The summed E-state index contributed by atoms with van der Waals surface area (Å²) in [6.07, 6.45) is 5.54. The summed E-state index contributed by atoms with van der Waals surface area (Å²) in [6, 6.07) is 23.7. The average Bonchev–Trinajstić information content (AvgIpc) is 3.47. The first-order valence-electron chi connectivity index (χ1n) is 14.8. The number of halogens is 2. The summed E-state index contributed by atoms with van der Waals surface area (Å²) in [6.45, 7) is 0.123. The number of imidazole rings is 1. The number of hydrogen-bond acceptors (Lipinski definition) is 4. The number of nitriles is 1. The monoisotopic (exact) mass is 606 g/mol. The van der Waals surface area contributed by atoms with E-state index >= 15 is 4.39 Å². The number of nitrogens with one attached hydrogen (secondary N) is 1. The molecule has 0 radical (unpaired) electrons. The standard InChI is InChI=1S/C36H32ClFN4O2/c1-42(2)36(43)24-10-15-29(22-8-12-27(37)13-9-22)26(18-24)21-44-28-14-16-30(31(38)19-28)35-40-32-17-11-25(20-39)33(34(32)41-35)23-6-4-3-5-7-23/h8-19,23H,3-7,21H2,1-2H3,(H,40,41). The van der Waals surface area contributed by atoms with Crippen molar-refractivity contribution in [3.8, 4) is 34.3 Å². The molecule has 1 amide bonds. The van der Waals surface area contributed by atoms with Gasteiger partial charge in [-0.3, -0.25) is 4.79 Å². The van der Waals surface area contributed by atoms with Gasteiger partial charge in [-0.05, 0) is 84.0 Å². The zero-order valence-electron chi connectivity index (χ0n) is 24.7. The van der Waals surface area contributed by atoms with Crippen molar-refractivity contribution in [2.24, 2.45) is 0 Å². The predicted octanol–water partition coefficient (Wildman–Crippen LogP) is 8.89. The highest BCUT2D eigenvalue weighted by Gasteiger charge is 2.24. The van der Waals surface area contributed by atoms with E-state index in [1.54, 1.807) is 32.3 Å². The van der Waals surface area contributed by atoms with Crippen LogP contribution in [0.3, 0.4) is 0 Å². The van der Waals surface area contributed by atoms with Crippen LogP contribution in [0.15, 0.2) is 72.8 Å². The third kappa shape index (κ3) is 5.91. The Hall–Kier alpha value is -4.67. The lowest BCUT2D eigenvalue weighted by Gasteiger charge is -2.23. The van der Waals surface area contributed by atoms with E-state index in [4.69, 9.17) is 21.3 Å². The SMILES string of the molecule is CN(C)C(=O)c1ccc(-c2ccc(Cl)cc2)c(COc2ccc(-c3nc4c(C5CCCCC5)c(C#N)ccc4[nH]3)c(F)c2)c1. The van der Waals surface area contributed by atoms with Gasteiger partial charge in [0.05, 0.1) is 28.2 Å². The highest BCUT2D eigenvalue weighted by atomic mass is 35.5. The van der Waals surface area contributed by atoms with Crippen molar-refractivity contribution in [2.45, 2.75) is 44.6 Å². The van der Waals surface area contributed by atoms with Gasteiger partial charge < -0.3 is 14.6 Å². The fourth-order valence-electron chi connectivity index (χ4n) is 6.08. The van der Waals surface area contributed by atoms with E-state index in [1.165, 1.54) is 17.4 Å². The summed E-state index contributed by atoms with van der Waals surface area (Å²) in [4.78, 5) is 22.3. The number of ether oxygens (including phenoxy) is 1. The molecule has 0 saturated heterocycles. The van der Waals surface area contributed by atoms with Crippen molar-refractivity contribution < 1.29 is 13.9 Å². The number of amides is 1. The van der Waals surface area contributed by atoms with Crippen molar-refractivity contribution in [2.75, 3.05) is 14.1 Å². The smallest absolute Gasteiger partial charge is 0.253 e. The first-order valence-corrected chi connectivity index (χ1v) is 15.2. The van der Waals surface area contributed by atoms with Gasteiger partial charge >= 0.3 is 0 Å². The molecule has 5 aromatic rings. The van der Waals surface area contributed by atoms with Gasteiger partial charge in [0.15, 0.2) is 0 Å². The van der Waals surface area contributed by atoms with Crippen LogP contribution < -0.4 is 4.74 Å². The number of nitrogens with zero attached hydrogens (tertiary/aromatic N) is 3. The van der Waals surface area contributed by atoms with Crippen LogP contribution in [0.1, 0.15) is 65.1 Å². The number of hydrogen-bond donors (Lipinski definition) is 1. The summed E-state index contributed by atoms with van der Waals surface area (Å²) < 4.78 is 21.7. The molecule has 44 heavy (non-hydrogen) atoms. The molecule has 1 aliphatic carbocycles. The third-order valence-corrected chi connectivity index (χ3v) is 8.58. The van der Waals surface area contributed by atoms with Gasteiger partial charge in [0.2, 0.25) is 0 Å². The molecule has 0 aliphatic heterocycles. The van der Waals surface area contributed by atoms with Crippen molar-refractivity contribution in [1.29, 1.82) is 5.26 Å². The van der Waals surface area contributed by atoms with Crippen LogP contribution in [0.5, 0.6) is 5.75 Å². The van der Waals surface area contributed by atoms with E-state index in [0.717, 1.165) is 59.0 Å². The van der Waals surface area contributed by atoms with Crippen LogP contribution in [0.4, 0.5) is 4.39 Å². The summed E-state index contributed by atoms with van der Waals surface area (Å²) in [5.41, 5.74) is 6.60. The van der Waals surface area contributed by atoms with E-state index in [9.17, 15) is 10.1 Å². The molecule has 1 heterocycles. The highest BCUT2D eigenvalue weighted by molar-refractivity contribution is 6.30. The number of aromatic nitrogens is 2. The van der Waals surface area contributed by atoms with Crippen LogP contribution in [-0.2, 0) is 6.61 Å². The summed E-state index contributed by atoms with van der Waals surface area (Å²) in [5, 5.41) is 10.4. The zero-order valence-corrected chi connectivity index (χ0v) is 25.4. The first kappa shape index (κ1) is 29.4. The molecule has 0 unspecified atom stereocenters. The summed E-state index contributed by atoms with van der Waals surface area (Å²) >= 11 is 6.10. The van der Waals surface area contributed by atoms with Crippen LogP contribution >= 0.6 is 11.6 Å². The molecule has 1 N–H and O–H groups in total. The molecule has 8 heteroatoms. The molecule has 1 aliphatic rings. The topological polar surface area (TPSA) is 82.0 Å². The lowest BCUT2D eigenvalue weighted by molar-refractivity contribution is 0.0827. The molecule has 0 spiro atoms. The zero-order chi connectivity index (χ0) is 30.8. The Morgan fingerprint density at radius 2 is 1.77 bits per heavy atom. The lowest BCUT2D eigenvalue weighted by atomic mass is 9.81. The van der Waals surface area contributed by atoms with Gasteiger partial charge in [0.25, 0.3) is 5.91 Å². The Balaban J connectivity index is 1.29. The van der Waals surface area contributed by atoms with Crippen LogP contribution in [0.2, 0.25) is 5.02 Å². The largest absolute Gasteiger partial charge is 0.489 e. The van der Waals surface area contributed by atoms with E-state index in [2.05, 4.69) is 11.1 Å². The number of rotatable bonds is 7. The fourth-order valence-corrected chi connectivity index (χ4v) is 6.21. The van der Waals surface area contributed by atoms with Gasteiger partial charge in [-0.1, -0.05) is 49.1 Å². The number of aromatic amines is 1. The Kier molecular flexibility index (Phi) is 8.36. The van der Waals surface area contributed by atoms with Gasteiger partial charge in [-0.15, -0.1) is 0 Å². The molecule has 1 aromatic heterocycles. The minimum atomic E-state index is -0.476. The van der Waals surface area contributed by atoms with Gasteiger partial charge in [-0.25, -0.2) is 9.37 Å². The quantitative estimate of drug-likeness (QED) is 0.201. The number of carbonyl (C=O) groups is 1. The highest BCUT2D eigenvalue weighted by Crippen LogP contribution is 2.39. The number of H-pyrrole nitrogens is 1. The molecule has 222 valence electrons. The van der Waals surface area contributed by atoms with Gasteiger partial charge in [-0.2, -0.15) is 5.26 Å². The van der Waals surface area contributed by atoms with Crippen LogP contribution in [-0.4, -0.2) is 34.9 Å². The van der Waals surface area contributed by atoms with Gasteiger partial charge in [0.1, 0.15) is 24.0 Å². The van der Waals surface area contributed by atoms with Crippen molar-refractivity contribution >= 4 is 28.5 Å². The Labute approximate surface area is 261 Å². The maximum Gasteiger partial charge on any atom is 0.253 e. The number of fused-ring (bicyclic) bond motifs is 1. The van der Waals surface area contributed by atoms with E-state index in [1.807, 2.05) is 48.5 Å². The molecule has 6 rings (SSSR count). The van der Waals surface area contributed by atoms with E-state index in [0.29, 0.717) is 33.3 Å². The molecule has 0 atom stereocenters. The maximum absolute atomic E-state index is 15.6. The molecule has 0 bridgehead atoms. The normalized spacial score (nSPS) is 13.5. The van der Waals surface area contributed by atoms with E-state index in [-0.39, 0.29) is 18.4 Å². The fraction of sp³-hybridized carbons (Fsp3) is 0.250. The summed E-state index contributed by atoms with van der Waals surface area (Å²) in [5.74, 6) is 0.446. The second-order valence-electron chi connectivity index (χ2n) is 11.5. The third-order valence-electron chi connectivity index (χ3n) is 8.33. The molecule has 1 saturated carbocycles. The van der Waals surface area contributed by atoms with Crippen molar-refractivity contribution in [1.82, 2.24) is 14.9 Å². The van der Waals surface area contributed by atoms with Gasteiger partial charge in [0, 0.05) is 36.3 Å². The molecule has 1 fully saturated rings. The average molecular weight is 607 g/mol. The molecule has 6 nitrogen and oxygen atoms in total. The maximum atomic E-state index is 15.6. The Morgan fingerprint density at radius 1 is 1.02 bits per heavy atom. The minimum Gasteiger partial charge on any atom is -0.489 e. The molecular formula is C36H32ClFN4O2. The van der Waals surface area contributed by atoms with Crippen LogP contribution in [0.25, 0.3) is 33.5 Å². The van der Waals surface area contributed by atoms with Crippen molar-refractivity contribution in [3.05, 3.63) is 106 Å². The molecule has 4 aromatic carbocycles. The Bertz CT molecular complexity index is 1890. The first-order chi connectivity index (χ1) is 21.3. The van der Waals surface area contributed by atoms with Crippen molar-refractivity contribution in [3.63, 3.8) is 0 Å². The second-order valence-corrected chi connectivity index (χ2v) is 11.9. The Morgan fingerprint density at radius 3 is 2.48 bits per heavy atom. The number of carbonyl (C=O) groups excluding carboxylic acids is 1. The lowest BCUT2D eigenvalue weighted by Crippen LogP contribution is -2.21. The second kappa shape index (κ2) is 12.5. The minimum absolute atomic E-state index is 0.122. The molecular weight excluding hydrogens is 575 g/mol.